The van der Waals surface area contributed by atoms with Gasteiger partial charge in [0.25, 0.3) is 0 Å². The van der Waals surface area contributed by atoms with E-state index < -0.39 is 12.7 Å². The fourth-order valence-corrected chi connectivity index (χ4v) is 1.26. The molecule has 6 heteroatoms. The predicted octanol–water partition coefficient (Wildman–Crippen LogP) is 1.50. The normalized spacial score (nSPS) is 12.6. The molecule has 0 aliphatic carbocycles. The molecule has 0 saturated carbocycles. The summed E-state index contributed by atoms with van der Waals surface area (Å²) in [4.78, 5) is 5.66. The largest absolute Gasteiger partial charge is 0.433 e. The van der Waals surface area contributed by atoms with Gasteiger partial charge in [-0.1, -0.05) is 0 Å². The van der Waals surface area contributed by atoms with E-state index in [9.17, 15) is 8.78 Å². The molecule has 0 saturated heterocycles. The lowest BCUT2D eigenvalue weighted by Gasteiger charge is -2.19. The molecule has 16 heavy (non-hydrogen) atoms. The minimum Gasteiger partial charge on any atom is -0.433 e. The second-order valence-corrected chi connectivity index (χ2v) is 3.46. The van der Waals surface area contributed by atoms with E-state index in [1.807, 2.05) is 0 Å². The van der Waals surface area contributed by atoms with Gasteiger partial charge < -0.3 is 14.7 Å². The minimum atomic E-state index is -2.84. The Bertz CT molecular complexity index is 317. The molecule has 0 unspecified atom stereocenters. The van der Waals surface area contributed by atoms with Crippen molar-refractivity contribution < 1.29 is 18.6 Å². The lowest BCUT2D eigenvalue weighted by atomic mass is 10.3. The van der Waals surface area contributed by atoms with Gasteiger partial charge in [-0.15, -0.1) is 0 Å². The van der Waals surface area contributed by atoms with Gasteiger partial charge >= 0.3 is 6.61 Å². The van der Waals surface area contributed by atoms with E-state index in [0.717, 1.165) is 0 Å². The molecule has 0 amide bonds. The van der Waals surface area contributed by atoms with Gasteiger partial charge in [0, 0.05) is 13.6 Å². The third-order valence-corrected chi connectivity index (χ3v) is 1.88. The summed E-state index contributed by atoms with van der Waals surface area (Å²) in [5.41, 5.74) is 0. The highest BCUT2D eigenvalue weighted by Gasteiger charge is 2.07. The van der Waals surface area contributed by atoms with E-state index in [4.69, 9.17) is 5.11 Å². The van der Waals surface area contributed by atoms with Crippen LogP contribution in [0, 0.1) is 0 Å². The Kier molecular flexibility index (Phi) is 4.42. The highest BCUT2D eigenvalue weighted by molar-refractivity contribution is 5.39. The number of aliphatic hydroxyl groups is 1. The summed E-state index contributed by atoms with van der Waals surface area (Å²) in [6.07, 6.45) is 0.740. The van der Waals surface area contributed by atoms with Gasteiger partial charge in [-0.2, -0.15) is 8.78 Å². The lowest BCUT2D eigenvalue weighted by Crippen LogP contribution is -2.27. The third-order valence-electron chi connectivity index (χ3n) is 1.88. The second kappa shape index (κ2) is 5.60. The number of likely N-dealkylation sites (N-methyl/N-ethyl adjacent to an activating group) is 1. The minimum absolute atomic E-state index is 0.0178. The summed E-state index contributed by atoms with van der Waals surface area (Å²) in [5, 5.41) is 9.16. The van der Waals surface area contributed by atoms with E-state index in [2.05, 4.69) is 9.72 Å². The Balaban J connectivity index is 2.63. The number of hydrogen-bond acceptors (Lipinski definition) is 4. The Morgan fingerprint density at radius 1 is 1.50 bits per heavy atom. The van der Waals surface area contributed by atoms with Gasteiger partial charge in [0.05, 0.1) is 12.3 Å². The van der Waals surface area contributed by atoms with Gasteiger partial charge in [-0.25, -0.2) is 4.98 Å². The number of alkyl halides is 2. The molecule has 1 rings (SSSR count). The summed E-state index contributed by atoms with van der Waals surface area (Å²) < 4.78 is 27.9. The highest BCUT2D eigenvalue weighted by Crippen LogP contribution is 2.16. The van der Waals surface area contributed by atoms with Crippen LogP contribution in [0.2, 0.25) is 0 Å². The summed E-state index contributed by atoms with van der Waals surface area (Å²) in [6, 6.07) is 2.97. The zero-order valence-electron chi connectivity index (χ0n) is 9.10. The number of nitrogens with zero attached hydrogens (tertiary/aromatic N) is 2. The zero-order valence-corrected chi connectivity index (χ0v) is 9.10. The first-order chi connectivity index (χ1) is 7.49. The van der Waals surface area contributed by atoms with Crippen molar-refractivity contribution in [2.24, 2.45) is 0 Å². The molecule has 0 bridgehead atoms. The molecule has 4 nitrogen and oxygen atoms in total. The van der Waals surface area contributed by atoms with Gasteiger partial charge in [0.1, 0.15) is 11.6 Å². The van der Waals surface area contributed by atoms with Crippen LogP contribution in [0.5, 0.6) is 5.75 Å². The number of aliphatic hydroxyl groups excluding tert-OH is 1. The Morgan fingerprint density at radius 3 is 2.62 bits per heavy atom. The summed E-state index contributed by atoms with van der Waals surface area (Å²) in [6.45, 7) is -0.768. The first-order valence-electron chi connectivity index (χ1n) is 4.79. The van der Waals surface area contributed by atoms with Crippen molar-refractivity contribution in [1.29, 1.82) is 0 Å². The van der Waals surface area contributed by atoms with Crippen molar-refractivity contribution in [2.45, 2.75) is 19.6 Å². The molecule has 0 fully saturated rings. The molecule has 1 aromatic rings. The SMILES string of the molecule is C[C@@H](O)CN(C)c1ccc(OC(F)F)cn1. The summed E-state index contributed by atoms with van der Waals surface area (Å²) in [5.74, 6) is 0.603. The number of halogens is 2. The van der Waals surface area contributed by atoms with Gasteiger partial charge in [-0.05, 0) is 19.1 Å². The van der Waals surface area contributed by atoms with Crippen molar-refractivity contribution in [3.05, 3.63) is 18.3 Å². The number of aromatic nitrogens is 1. The molecule has 0 aliphatic rings. The maximum absolute atomic E-state index is 11.9. The molecular weight excluding hydrogens is 218 g/mol. The number of anilines is 1. The van der Waals surface area contributed by atoms with Gasteiger partial charge in [0.15, 0.2) is 0 Å². The average molecular weight is 232 g/mol. The topological polar surface area (TPSA) is 45.6 Å². The van der Waals surface area contributed by atoms with Crippen molar-refractivity contribution in [3.8, 4) is 5.75 Å². The number of rotatable bonds is 5. The Morgan fingerprint density at radius 2 is 2.19 bits per heavy atom. The maximum Gasteiger partial charge on any atom is 0.387 e. The number of hydrogen-bond donors (Lipinski definition) is 1. The van der Waals surface area contributed by atoms with Crippen molar-refractivity contribution >= 4 is 5.82 Å². The van der Waals surface area contributed by atoms with Gasteiger partial charge in [0.2, 0.25) is 0 Å². The van der Waals surface area contributed by atoms with E-state index >= 15 is 0 Å². The van der Waals surface area contributed by atoms with Crippen LogP contribution in [0.1, 0.15) is 6.92 Å². The zero-order chi connectivity index (χ0) is 12.1. The molecule has 1 heterocycles. The average Bonchev–Trinajstić information content (AvgIpc) is 2.16. The number of pyridine rings is 1. The maximum atomic E-state index is 11.9. The van der Waals surface area contributed by atoms with E-state index in [1.165, 1.54) is 12.3 Å². The highest BCUT2D eigenvalue weighted by atomic mass is 19.3. The van der Waals surface area contributed by atoms with Crippen LogP contribution >= 0.6 is 0 Å². The second-order valence-electron chi connectivity index (χ2n) is 3.46. The van der Waals surface area contributed by atoms with Crippen LogP contribution < -0.4 is 9.64 Å². The molecule has 1 N–H and O–H groups in total. The van der Waals surface area contributed by atoms with Crippen LogP contribution in [-0.2, 0) is 0 Å². The summed E-state index contributed by atoms with van der Waals surface area (Å²) >= 11 is 0. The quantitative estimate of drug-likeness (QED) is 0.835. The van der Waals surface area contributed by atoms with Crippen LogP contribution in [0.3, 0.4) is 0 Å². The van der Waals surface area contributed by atoms with E-state index in [-0.39, 0.29) is 5.75 Å². The van der Waals surface area contributed by atoms with Crippen molar-refractivity contribution in [1.82, 2.24) is 4.98 Å². The Labute approximate surface area is 92.5 Å². The monoisotopic (exact) mass is 232 g/mol. The molecule has 1 atom stereocenters. The van der Waals surface area contributed by atoms with Crippen LogP contribution in [-0.4, -0.2) is 36.4 Å². The fraction of sp³-hybridized carbons (Fsp3) is 0.500. The molecule has 0 spiro atoms. The molecule has 1 aromatic heterocycles. The standard InChI is InChI=1S/C10H14F2N2O2/c1-7(15)6-14(2)9-4-3-8(5-13-9)16-10(11)12/h3-5,7,10,15H,6H2,1-2H3/t7-/m1/s1. The smallest absolute Gasteiger partial charge is 0.387 e. The van der Waals surface area contributed by atoms with Gasteiger partial charge in [-0.3, -0.25) is 0 Å². The first kappa shape index (κ1) is 12.6. The third kappa shape index (κ3) is 3.98. The van der Waals surface area contributed by atoms with Crippen LogP contribution in [0.15, 0.2) is 18.3 Å². The van der Waals surface area contributed by atoms with Crippen molar-refractivity contribution in [2.75, 3.05) is 18.5 Å². The van der Waals surface area contributed by atoms with Crippen LogP contribution in [0.25, 0.3) is 0 Å². The van der Waals surface area contributed by atoms with E-state index in [0.29, 0.717) is 12.4 Å². The predicted molar refractivity (Wildman–Crippen MR) is 55.8 cm³/mol. The molecule has 90 valence electrons. The molecule has 0 aromatic carbocycles. The first-order valence-corrected chi connectivity index (χ1v) is 4.79. The Hall–Kier alpha value is -1.43. The molecule has 0 radical (unpaired) electrons. The summed E-state index contributed by atoms with van der Waals surface area (Å²) in [7, 11) is 1.75. The van der Waals surface area contributed by atoms with Crippen molar-refractivity contribution in [3.63, 3.8) is 0 Å². The molecule has 0 aliphatic heterocycles. The fourth-order valence-electron chi connectivity index (χ4n) is 1.26. The van der Waals surface area contributed by atoms with E-state index in [1.54, 1.807) is 24.9 Å². The molecular formula is C10H14F2N2O2. The van der Waals surface area contributed by atoms with Crippen LogP contribution in [0.4, 0.5) is 14.6 Å². The lowest BCUT2D eigenvalue weighted by molar-refractivity contribution is -0.0500. The number of ether oxygens (including phenoxy) is 1.